The van der Waals surface area contributed by atoms with Crippen molar-refractivity contribution in [3.05, 3.63) is 10.8 Å². The number of halogens is 1. The van der Waals surface area contributed by atoms with Gasteiger partial charge in [-0.3, -0.25) is 0 Å². The lowest BCUT2D eigenvalue weighted by atomic mass is 9.87. The van der Waals surface area contributed by atoms with Crippen LogP contribution in [0, 0.1) is 5.92 Å². The molecule has 0 radical (unpaired) electrons. The Labute approximate surface area is 122 Å². The average Bonchev–Trinajstić information content (AvgIpc) is 2.42. The van der Waals surface area contributed by atoms with E-state index < -0.39 is 0 Å². The van der Waals surface area contributed by atoms with Crippen LogP contribution >= 0.6 is 15.9 Å². The van der Waals surface area contributed by atoms with E-state index in [0.29, 0.717) is 5.92 Å². The van der Waals surface area contributed by atoms with Crippen LogP contribution in [-0.2, 0) is 0 Å². The third kappa shape index (κ3) is 4.04. The summed E-state index contributed by atoms with van der Waals surface area (Å²) in [6.45, 7) is 3.76. The van der Waals surface area contributed by atoms with Crippen molar-refractivity contribution in [2.75, 3.05) is 23.7 Å². The zero-order valence-electron chi connectivity index (χ0n) is 11.2. The zero-order valence-corrected chi connectivity index (χ0v) is 12.8. The van der Waals surface area contributed by atoms with Gasteiger partial charge in [-0.1, -0.05) is 0 Å². The number of aliphatic hydroxyl groups is 1. The normalized spacial score (nSPS) is 23.1. The van der Waals surface area contributed by atoms with Gasteiger partial charge in [0.25, 0.3) is 0 Å². The molecule has 1 fully saturated rings. The number of rotatable bonds is 5. The standard InChI is InChI=1S/C13H21BrN4O/c1-2-15-12-11(14)13(18-8-17-12)16-7-9-3-5-10(19)6-4-9/h8-10,19H,2-7H2,1H3,(H2,15,16,17,18). The Hall–Kier alpha value is -0.880. The van der Waals surface area contributed by atoms with Crippen molar-refractivity contribution in [2.24, 2.45) is 5.92 Å². The van der Waals surface area contributed by atoms with Gasteiger partial charge in [-0.15, -0.1) is 0 Å². The minimum Gasteiger partial charge on any atom is -0.393 e. The summed E-state index contributed by atoms with van der Waals surface area (Å²) in [5, 5.41) is 16.1. The van der Waals surface area contributed by atoms with Crippen LogP contribution in [0.5, 0.6) is 0 Å². The second kappa shape index (κ2) is 7.05. The van der Waals surface area contributed by atoms with Gasteiger partial charge in [0.05, 0.1) is 6.10 Å². The molecule has 1 aromatic rings. The molecule has 0 amide bonds. The Kier molecular flexibility index (Phi) is 5.39. The lowest BCUT2D eigenvalue weighted by Crippen LogP contribution is -2.24. The highest BCUT2D eigenvalue weighted by Gasteiger charge is 2.19. The summed E-state index contributed by atoms with van der Waals surface area (Å²) in [7, 11) is 0. The summed E-state index contributed by atoms with van der Waals surface area (Å²) >= 11 is 3.53. The van der Waals surface area contributed by atoms with Gasteiger partial charge in [0.15, 0.2) is 0 Å². The number of anilines is 2. The number of aliphatic hydroxyl groups excluding tert-OH is 1. The van der Waals surface area contributed by atoms with Crippen molar-refractivity contribution in [1.82, 2.24) is 9.97 Å². The molecule has 1 aliphatic carbocycles. The summed E-state index contributed by atoms with van der Waals surface area (Å²) in [5.41, 5.74) is 0. The minimum absolute atomic E-state index is 0.0950. The molecule has 0 aliphatic heterocycles. The highest BCUT2D eigenvalue weighted by atomic mass is 79.9. The van der Waals surface area contributed by atoms with Crippen LogP contribution in [-0.4, -0.2) is 34.3 Å². The number of nitrogens with one attached hydrogen (secondary N) is 2. The Bertz CT molecular complexity index is 408. The van der Waals surface area contributed by atoms with Gasteiger partial charge in [0.2, 0.25) is 0 Å². The first-order valence-corrected chi connectivity index (χ1v) is 7.66. The van der Waals surface area contributed by atoms with Crippen LogP contribution in [0.4, 0.5) is 11.6 Å². The van der Waals surface area contributed by atoms with Gasteiger partial charge < -0.3 is 15.7 Å². The van der Waals surface area contributed by atoms with Crippen LogP contribution in [0.3, 0.4) is 0 Å². The van der Waals surface area contributed by atoms with E-state index in [1.165, 1.54) is 0 Å². The smallest absolute Gasteiger partial charge is 0.145 e. The predicted molar refractivity (Wildman–Crippen MR) is 80.4 cm³/mol. The Balaban J connectivity index is 1.90. The molecule has 1 heterocycles. The molecular weight excluding hydrogens is 308 g/mol. The first-order chi connectivity index (χ1) is 9.20. The van der Waals surface area contributed by atoms with Crippen molar-refractivity contribution in [1.29, 1.82) is 0 Å². The number of hydrogen-bond acceptors (Lipinski definition) is 5. The first kappa shape index (κ1) is 14.5. The number of aromatic nitrogens is 2. The molecule has 0 atom stereocenters. The van der Waals surface area contributed by atoms with Crippen LogP contribution in [0.15, 0.2) is 10.8 Å². The minimum atomic E-state index is -0.0950. The van der Waals surface area contributed by atoms with Crippen LogP contribution in [0.25, 0.3) is 0 Å². The SMILES string of the molecule is CCNc1ncnc(NCC2CCC(O)CC2)c1Br. The van der Waals surface area contributed by atoms with E-state index in [1.807, 2.05) is 6.92 Å². The quantitative estimate of drug-likeness (QED) is 0.775. The summed E-state index contributed by atoms with van der Waals surface area (Å²) < 4.78 is 0.882. The van der Waals surface area contributed by atoms with E-state index in [9.17, 15) is 5.11 Å². The molecule has 1 saturated carbocycles. The predicted octanol–water partition coefficient (Wildman–Crippen LogP) is 2.63. The van der Waals surface area contributed by atoms with Crippen molar-refractivity contribution in [3.8, 4) is 0 Å². The van der Waals surface area contributed by atoms with E-state index >= 15 is 0 Å². The number of nitrogens with zero attached hydrogens (tertiary/aromatic N) is 2. The van der Waals surface area contributed by atoms with E-state index in [0.717, 1.165) is 54.9 Å². The molecule has 2 rings (SSSR count). The fraction of sp³-hybridized carbons (Fsp3) is 0.692. The first-order valence-electron chi connectivity index (χ1n) is 6.87. The molecule has 3 N–H and O–H groups in total. The van der Waals surface area contributed by atoms with Gasteiger partial charge in [-0.05, 0) is 54.5 Å². The lowest BCUT2D eigenvalue weighted by molar-refractivity contribution is 0.111. The molecule has 5 nitrogen and oxygen atoms in total. The molecule has 1 aliphatic rings. The van der Waals surface area contributed by atoms with Gasteiger partial charge in [0.1, 0.15) is 22.4 Å². The van der Waals surface area contributed by atoms with E-state index in [1.54, 1.807) is 6.33 Å². The highest BCUT2D eigenvalue weighted by Crippen LogP contribution is 2.28. The molecule has 0 spiro atoms. The van der Waals surface area contributed by atoms with Gasteiger partial charge in [-0.25, -0.2) is 9.97 Å². The molecular formula is C13H21BrN4O. The summed E-state index contributed by atoms with van der Waals surface area (Å²) in [4.78, 5) is 8.45. The molecule has 0 aromatic carbocycles. The van der Waals surface area contributed by atoms with Crippen LogP contribution in [0.1, 0.15) is 32.6 Å². The maximum absolute atomic E-state index is 9.49. The van der Waals surface area contributed by atoms with Crippen LogP contribution in [0.2, 0.25) is 0 Å². The molecule has 0 bridgehead atoms. The molecule has 0 saturated heterocycles. The second-order valence-electron chi connectivity index (χ2n) is 4.97. The van der Waals surface area contributed by atoms with E-state index in [2.05, 4.69) is 36.5 Å². The molecule has 6 heteroatoms. The van der Waals surface area contributed by atoms with Crippen LogP contribution < -0.4 is 10.6 Å². The fourth-order valence-electron chi connectivity index (χ4n) is 2.37. The molecule has 1 aromatic heterocycles. The second-order valence-corrected chi connectivity index (χ2v) is 5.76. The van der Waals surface area contributed by atoms with E-state index in [4.69, 9.17) is 0 Å². The Morgan fingerprint density at radius 1 is 1.21 bits per heavy atom. The lowest BCUT2D eigenvalue weighted by Gasteiger charge is -2.25. The average molecular weight is 329 g/mol. The Morgan fingerprint density at radius 3 is 2.47 bits per heavy atom. The highest BCUT2D eigenvalue weighted by molar-refractivity contribution is 9.10. The third-order valence-electron chi connectivity index (χ3n) is 3.51. The summed E-state index contributed by atoms with van der Waals surface area (Å²) in [5.74, 6) is 2.27. The van der Waals surface area contributed by atoms with Gasteiger partial charge in [-0.2, -0.15) is 0 Å². The maximum atomic E-state index is 9.49. The molecule has 19 heavy (non-hydrogen) atoms. The molecule has 0 unspecified atom stereocenters. The largest absolute Gasteiger partial charge is 0.393 e. The van der Waals surface area contributed by atoms with Crippen molar-refractivity contribution in [2.45, 2.75) is 38.7 Å². The van der Waals surface area contributed by atoms with Gasteiger partial charge >= 0.3 is 0 Å². The summed E-state index contributed by atoms with van der Waals surface area (Å²) in [6, 6.07) is 0. The number of hydrogen-bond donors (Lipinski definition) is 3. The third-order valence-corrected chi connectivity index (χ3v) is 4.26. The van der Waals surface area contributed by atoms with Crippen molar-refractivity contribution in [3.63, 3.8) is 0 Å². The molecule has 106 valence electrons. The fourth-order valence-corrected chi connectivity index (χ4v) is 2.86. The van der Waals surface area contributed by atoms with E-state index in [-0.39, 0.29) is 6.10 Å². The van der Waals surface area contributed by atoms with Gasteiger partial charge in [0, 0.05) is 13.1 Å². The van der Waals surface area contributed by atoms with Crippen molar-refractivity contribution < 1.29 is 5.11 Å². The van der Waals surface area contributed by atoms with Crippen molar-refractivity contribution >= 4 is 27.6 Å². The topological polar surface area (TPSA) is 70.1 Å². The Morgan fingerprint density at radius 2 is 1.84 bits per heavy atom. The summed E-state index contributed by atoms with van der Waals surface area (Å²) in [6.07, 6.45) is 5.46. The zero-order chi connectivity index (χ0) is 13.7. The monoisotopic (exact) mass is 328 g/mol. The maximum Gasteiger partial charge on any atom is 0.145 e.